The number of hydrogen-bond acceptors (Lipinski definition) is 5. The fraction of sp³-hybridized carbons (Fsp3) is 0.208. The number of rotatable bonds is 8. The summed E-state index contributed by atoms with van der Waals surface area (Å²) in [6.07, 6.45) is 0. The van der Waals surface area contributed by atoms with Crippen LogP contribution in [0.25, 0.3) is 22.2 Å². The first kappa shape index (κ1) is 20.9. The van der Waals surface area contributed by atoms with Crippen molar-refractivity contribution < 1.29 is 9.53 Å². The molecule has 0 aliphatic rings. The van der Waals surface area contributed by atoms with Crippen LogP contribution in [0.15, 0.2) is 71.9 Å². The molecule has 0 unspecified atom stereocenters. The Kier molecular flexibility index (Phi) is 6.52. The van der Waals surface area contributed by atoms with Gasteiger partial charge in [0.15, 0.2) is 11.0 Å². The van der Waals surface area contributed by atoms with Gasteiger partial charge >= 0.3 is 0 Å². The normalized spacial score (nSPS) is 10.9. The molecule has 4 rings (SSSR count). The van der Waals surface area contributed by atoms with E-state index in [4.69, 9.17) is 4.74 Å². The van der Waals surface area contributed by atoms with Crippen LogP contribution in [-0.4, -0.2) is 33.0 Å². The summed E-state index contributed by atoms with van der Waals surface area (Å²) >= 11 is 1.38. The van der Waals surface area contributed by atoms with Gasteiger partial charge in [0, 0.05) is 23.2 Å². The van der Waals surface area contributed by atoms with Gasteiger partial charge < -0.3 is 14.6 Å². The Labute approximate surface area is 185 Å². The van der Waals surface area contributed by atoms with Gasteiger partial charge in [0.05, 0.1) is 12.4 Å². The largest absolute Gasteiger partial charge is 0.494 e. The van der Waals surface area contributed by atoms with E-state index in [1.807, 2.05) is 85.1 Å². The fourth-order valence-electron chi connectivity index (χ4n) is 3.41. The Morgan fingerprint density at radius 2 is 1.77 bits per heavy atom. The molecular formula is C24H24N4O2S. The molecule has 0 radical (unpaired) electrons. The number of thioether (sulfide) groups is 1. The van der Waals surface area contributed by atoms with E-state index in [2.05, 4.69) is 15.5 Å². The zero-order chi connectivity index (χ0) is 21.6. The Hall–Kier alpha value is -3.32. The van der Waals surface area contributed by atoms with Crippen LogP contribution in [0, 0.1) is 0 Å². The van der Waals surface area contributed by atoms with Crippen molar-refractivity contribution in [3.8, 4) is 17.1 Å². The van der Waals surface area contributed by atoms with Crippen LogP contribution in [0.5, 0.6) is 5.75 Å². The molecule has 1 N–H and O–H groups in total. The van der Waals surface area contributed by atoms with Gasteiger partial charge in [-0.15, -0.1) is 10.2 Å². The summed E-state index contributed by atoms with van der Waals surface area (Å²) in [4.78, 5) is 12.6. The number of nitrogens with zero attached hydrogens (tertiary/aromatic N) is 3. The smallest absolute Gasteiger partial charge is 0.234 e. The molecule has 1 heterocycles. The number of fused-ring (bicyclic) bond motifs is 1. The summed E-state index contributed by atoms with van der Waals surface area (Å²) in [5, 5.41) is 14.5. The minimum Gasteiger partial charge on any atom is -0.494 e. The SMILES string of the molecule is CCOc1ccc(-c2nnc(SCC(=O)Nc3cccc4ccccc34)n2CC)cc1. The lowest BCUT2D eigenvalue weighted by atomic mass is 10.1. The average Bonchev–Trinajstić information content (AvgIpc) is 3.21. The van der Waals surface area contributed by atoms with E-state index in [9.17, 15) is 4.79 Å². The van der Waals surface area contributed by atoms with Gasteiger partial charge in [-0.2, -0.15) is 0 Å². The second-order valence-electron chi connectivity index (χ2n) is 6.87. The molecule has 0 bridgehead atoms. The summed E-state index contributed by atoms with van der Waals surface area (Å²) < 4.78 is 7.53. The van der Waals surface area contributed by atoms with Crippen LogP contribution < -0.4 is 10.1 Å². The Morgan fingerprint density at radius 3 is 2.55 bits per heavy atom. The van der Waals surface area contributed by atoms with E-state index in [1.165, 1.54) is 11.8 Å². The number of carbonyl (C=O) groups is 1. The van der Waals surface area contributed by atoms with Gasteiger partial charge in [-0.25, -0.2) is 0 Å². The Morgan fingerprint density at radius 1 is 1.00 bits per heavy atom. The highest BCUT2D eigenvalue weighted by molar-refractivity contribution is 7.99. The quantitative estimate of drug-likeness (QED) is 0.385. The molecule has 31 heavy (non-hydrogen) atoms. The van der Waals surface area contributed by atoms with Crippen LogP contribution >= 0.6 is 11.8 Å². The molecule has 0 aliphatic heterocycles. The van der Waals surface area contributed by atoms with E-state index in [0.717, 1.165) is 38.8 Å². The number of ether oxygens (including phenoxy) is 1. The summed E-state index contributed by atoms with van der Waals surface area (Å²) in [5.74, 6) is 1.79. The van der Waals surface area contributed by atoms with Gasteiger partial charge in [-0.3, -0.25) is 4.79 Å². The molecule has 0 saturated heterocycles. The molecule has 1 aromatic heterocycles. The maximum Gasteiger partial charge on any atom is 0.234 e. The summed E-state index contributed by atoms with van der Waals surface area (Å²) in [7, 11) is 0. The van der Waals surface area contributed by atoms with E-state index in [0.29, 0.717) is 13.2 Å². The zero-order valence-corrected chi connectivity index (χ0v) is 18.4. The van der Waals surface area contributed by atoms with Crippen molar-refractivity contribution in [1.29, 1.82) is 0 Å². The van der Waals surface area contributed by atoms with Crippen LogP contribution in [-0.2, 0) is 11.3 Å². The van der Waals surface area contributed by atoms with E-state index in [-0.39, 0.29) is 11.7 Å². The van der Waals surface area contributed by atoms with Crippen molar-refractivity contribution in [3.63, 3.8) is 0 Å². The molecule has 0 fully saturated rings. The lowest BCUT2D eigenvalue weighted by Gasteiger charge is -2.10. The van der Waals surface area contributed by atoms with Gasteiger partial charge in [0.1, 0.15) is 5.75 Å². The molecular weight excluding hydrogens is 408 g/mol. The standard InChI is InChI=1S/C24H24N4O2S/c1-3-28-23(18-12-14-19(15-13-18)30-4-2)26-27-24(28)31-16-22(29)25-21-11-7-9-17-8-5-6-10-20(17)21/h5-15H,3-4,16H2,1-2H3,(H,25,29). The number of aromatic nitrogens is 3. The third-order valence-corrected chi connectivity index (χ3v) is 5.82. The van der Waals surface area contributed by atoms with Crippen molar-refractivity contribution in [3.05, 3.63) is 66.7 Å². The zero-order valence-electron chi connectivity index (χ0n) is 17.5. The molecule has 0 aliphatic carbocycles. The van der Waals surface area contributed by atoms with Gasteiger partial charge in [0.2, 0.25) is 5.91 Å². The van der Waals surface area contributed by atoms with Crippen molar-refractivity contribution >= 4 is 34.1 Å². The number of carbonyl (C=O) groups excluding carboxylic acids is 1. The number of hydrogen-bond donors (Lipinski definition) is 1. The first-order chi connectivity index (χ1) is 15.2. The first-order valence-corrected chi connectivity index (χ1v) is 11.2. The van der Waals surface area contributed by atoms with Crippen molar-refractivity contribution in [2.24, 2.45) is 0 Å². The van der Waals surface area contributed by atoms with Crippen LogP contribution in [0.3, 0.4) is 0 Å². The maximum absolute atomic E-state index is 12.6. The van der Waals surface area contributed by atoms with E-state index < -0.39 is 0 Å². The molecule has 4 aromatic rings. The number of nitrogens with one attached hydrogen (secondary N) is 1. The third-order valence-electron chi connectivity index (χ3n) is 4.85. The first-order valence-electron chi connectivity index (χ1n) is 10.3. The highest BCUT2D eigenvalue weighted by atomic mass is 32.2. The van der Waals surface area contributed by atoms with Crippen molar-refractivity contribution in [2.45, 2.75) is 25.5 Å². The van der Waals surface area contributed by atoms with E-state index in [1.54, 1.807) is 0 Å². The molecule has 0 saturated carbocycles. The molecule has 158 valence electrons. The minimum atomic E-state index is -0.0744. The summed E-state index contributed by atoms with van der Waals surface area (Å²) in [6, 6.07) is 21.7. The summed E-state index contributed by atoms with van der Waals surface area (Å²) in [5.41, 5.74) is 1.78. The molecule has 3 aromatic carbocycles. The second-order valence-corrected chi connectivity index (χ2v) is 7.81. The number of anilines is 1. The predicted molar refractivity (Wildman–Crippen MR) is 126 cm³/mol. The topological polar surface area (TPSA) is 69.0 Å². The molecule has 0 spiro atoms. The average molecular weight is 433 g/mol. The number of amides is 1. The predicted octanol–water partition coefficient (Wildman–Crippen LogP) is 5.25. The molecule has 1 amide bonds. The fourth-order valence-corrected chi connectivity index (χ4v) is 4.21. The molecule has 0 atom stereocenters. The second kappa shape index (κ2) is 9.66. The van der Waals surface area contributed by atoms with Gasteiger partial charge in [-0.05, 0) is 49.6 Å². The summed E-state index contributed by atoms with van der Waals surface area (Å²) in [6.45, 7) is 5.35. The molecule has 7 heteroatoms. The van der Waals surface area contributed by atoms with Gasteiger partial charge in [-0.1, -0.05) is 48.2 Å². The van der Waals surface area contributed by atoms with E-state index >= 15 is 0 Å². The highest BCUT2D eigenvalue weighted by Gasteiger charge is 2.15. The van der Waals surface area contributed by atoms with Crippen molar-refractivity contribution in [2.75, 3.05) is 17.7 Å². The highest BCUT2D eigenvalue weighted by Crippen LogP contribution is 2.27. The maximum atomic E-state index is 12.6. The van der Waals surface area contributed by atoms with Crippen LogP contribution in [0.2, 0.25) is 0 Å². The Balaban J connectivity index is 1.45. The lowest BCUT2D eigenvalue weighted by Crippen LogP contribution is -2.15. The number of benzene rings is 3. The van der Waals surface area contributed by atoms with Gasteiger partial charge in [0.25, 0.3) is 0 Å². The van der Waals surface area contributed by atoms with Crippen LogP contribution in [0.1, 0.15) is 13.8 Å². The molecule has 6 nitrogen and oxygen atoms in total. The third kappa shape index (κ3) is 4.72. The monoisotopic (exact) mass is 432 g/mol. The van der Waals surface area contributed by atoms with Crippen LogP contribution in [0.4, 0.5) is 5.69 Å². The van der Waals surface area contributed by atoms with Crippen molar-refractivity contribution in [1.82, 2.24) is 14.8 Å². The lowest BCUT2D eigenvalue weighted by molar-refractivity contribution is -0.113. The minimum absolute atomic E-state index is 0.0744. The Bertz CT molecular complexity index is 1180.